The average molecular weight is 417 g/mol. The zero-order valence-corrected chi connectivity index (χ0v) is 18.7. The van der Waals surface area contributed by atoms with E-state index in [1.807, 2.05) is 6.08 Å². The Kier molecular flexibility index (Phi) is 12.1. The fraction of sp³-hybridized carbons (Fsp3) is 0.440. The van der Waals surface area contributed by atoms with Crippen LogP contribution in [0.3, 0.4) is 0 Å². The smallest absolute Gasteiger partial charge is 0.117 e. The van der Waals surface area contributed by atoms with Crippen molar-refractivity contribution in [1.82, 2.24) is 9.88 Å². The van der Waals surface area contributed by atoms with Gasteiger partial charge in [0.15, 0.2) is 0 Å². The first-order valence-corrected chi connectivity index (χ1v) is 10.6. The molecule has 2 aromatic rings. The molecule has 0 saturated carbocycles. The molecule has 1 aromatic heterocycles. The van der Waals surface area contributed by atoms with Crippen LogP contribution < -0.4 is 5.32 Å². The van der Waals surface area contributed by atoms with Crippen LogP contribution in [0.25, 0.3) is 10.9 Å². The maximum atomic E-state index is 11.8. The summed E-state index contributed by atoms with van der Waals surface area (Å²) in [5.41, 5.74) is 2.92. The van der Waals surface area contributed by atoms with E-state index in [1.54, 1.807) is 19.4 Å². The molecule has 1 aliphatic rings. The molecule has 1 fully saturated rings. The van der Waals surface area contributed by atoms with Crippen molar-refractivity contribution in [2.75, 3.05) is 13.1 Å². The molecule has 4 heteroatoms. The van der Waals surface area contributed by atoms with Gasteiger partial charge in [-0.2, -0.15) is 0 Å². The van der Waals surface area contributed by atoms with E-state index in [4.69, 9.17) is 11.6 Å². The van der Waals surface area contributed by atoms with Gasteiger partial charge >= 0.3 is 0 Å². The molecule has 1 saturated heterocycles. The number of piperidine rings is 1. The van der Waals surface area contributed by atoms with E-state index in [-0.39, 0.29) is 0 Å². The fourth-order valence-corrected chi connectivity index (χ4v) is 3.64. The van der Waals surface area contributed by atoms with E-state index in [9.17, 15) is 4.39 Å². The summed E-state index contributed by atoms with van der Waals surface area (Å²) >= 11 is 5.29. The van der Waals surface area contributed by atoms with Crippen LogP contribution in [0.15, 0.2) is 54.2 Å². The molecule has 0 spiro atoms. The van der Waals surface area contributed by atoms with Gasteiger partial charge in [-0.15, -0.1) is 18.9 Å². The quantitative estimate of drug-likeness (QED) is 0.418. The molecule has 0 bridgehead atoms. The van der Waals surface area contributed by atoms with Crippen molar-refractivity contribution in [3.63, 3.8) is 0 Å². The highest BCUT2D eigenvalue weighted by Crippen LogP contribution is 2.33. The molecule has 1 unspecified atom stereocenters. The van der Waals surface area contributed by atoms with E-state index in [0.717, 1.165) is 32.0 Å². The van der Waals surface area contributed by atoms with E-state index in [2.05, 4.69) is 59.3 Å². The van der Waals surface area contributed by atoms with Gasteiger partial charge < -0.3 is 9.88 Å². The summed E-state index contributed by atoms with van der Waals surface area (Å²) in [6, 6.07) is 8.81. The Morgan fingerprint density at radius 3 is 2.55 bits per heavy atom. The maximum Gasteiger partial charge on any atom is 0.117 e. The summed E-state index contributed by atoms with van der Waals surface area (Å²) in [4.78, 5) is 0. The Hall–Kier alpha value is -2.02. The molecule has 0 amide bonds. The van der Waals surface area contributed by atoms with E-state index >= 15 is 0 Å². The van der Waals surface area contributed by atoms with Crippen molar-refractivity contribution in [1.29, 1.82) is 0 Å². The predicted molar refractivity (Wildman–Crippen MR) is 126 cm³/mol. The first-order chi connectivity index (χ1) is 13.9. The third-order valence-corrected chi connectivity index (χ3v) is 4.76. The molecule has 1 aromatic carbocycles. The molecule has 2 heterocycles. The Labute approximate surface area is 180 Å². The van der Waals surface area contributed by atoms with E-state index < -0.39 is 6.17 Å². The standard InChI is InChI=1S/C17H22N2.C5H8ClF.C3H4/c1-2-3-12-19-13-16(14-8-10-18-11-9-14)15-6-4-5-7-17(15)19;1-4(6)3-5(2)7;1-3-2/h2,4-7,13-14,18H,1,3,8-12H2;3,5H,1-2H3;1H,2H3/b;4-3+;. The minimum Gasteiger partial charge on any atom is -0.347 e. The van der Waals surface area contributed by atoms with Crippen LogP contribution in [-0.4, -0.2) is 23.8 Å². The lowest BCUT2D eigenvalue weighted by Gasteiger charge is -2.22. The number of aryl methyl sites for hydroxylation is 1. The largest absolute Gasteiger partial charge is 0.347 e. The lowest BCUT2D eigenvalue weighted by Crippen LogP contribution is -2.26. The number of hydrogen-bond donors (Lipinski definition) is 1. The summed E-state index contributed by atoms with van der Waals surface area (Å²) in [6.45, 7) is 11.9. The minimum absolute atomic E-state index is 0.509. The number of halogens is 2. The van der Waals surface area contributed by atoms with Crippen LogP contribution in [0.1, 0.15) is 51.5 Å². The summed E-state index contributed by atoms with van der Waals surface area (Å²) in [5, 5.41) is 5.41. The molecule has 3 rings (SSSR count). The molecule has 158 valence electrons. The van der Waals surface area contributed by atoms with Crippen LogP contribution >= 0.6 is 11.6 Å². The number of para-hydroxylation sites is 1. The molecule has 1 N–H and O–H groups in total. The van der Waals surface area contributed by atoms with E-state index in [1.165, 1.54) is 36.7 Å². The Balaban J connectivity index is 0.000000355. The van der Waals surface area contributed by atoms with Crippen LogP contribution in [0.5, 0.6) is 0 Å². The fourth-order valence-electron chi connectivity index (χ4n) is 3.47. The van der Waals surface area contributed by atoms with Gasteiger partial charge in [0.2, 0.25) is 0 Å². The number of fused-ring (bicyclic) bond motifs is 1. The van der Waals surface area contributed by atoms with Crippen LogP contribution in [0.4, 0.5) is 4.39 Å². The molecule has 0 radical (unpaired) electrons. The maximum absolute atomic E-state index is 11.8. The second-order valence-electron chi connectivity index (χ2n) is 7.12. The van der Waals surface area contributed by atoms with Crippen LogP contribution in [0.2, 0.25) is 0 Å². The first kappa shape index (κ1) is 25.0. The highest BCUT2D eigenvalue weighted by molar-refractivity contribution is 6.29. The number of aromatic nitrogens is 1. The zero-order valence-electron chi connectivity index (χ0n) is 17.9. The van der Waals surface area contributed by atoms with Crippen molar-refractivity contribution in [2.24, 2.45) is 0 Å². The van der Waals surface area contributed by atoms with Gasteiger partial charge in [0, 0.05) is 28.7 Å². The number of benzene rings is 1. The Morgan fingerprint density at radius 2 is 2.03 bits per heavy atom. The third kappa shape index (κ3) is 8.90. The summed E-state index contributed by atoms with van der Waals surface area (Å²) < 4.78 is 14.2. The lowest BCUT2D eigenvalue weighted by atomic mass is 9.90. The number of nitrogens with zero attached hydrogens (tertiary/aromatic N) is 1. The normalized spacial score (nSPS) is 15.4. The average Bonchev–Trinajstić information content (AvgIpc) is 3.06. The van der Waals surface area contributed by atoms with Gasteiger partial charge in [0.1, 0.15) is 6.17 Å². The van der Waals surface area contributed by atoms with Gasteiger partial charge in [0.25, 0.3) is 0 Å². The van der Waals surface area contributed by atoms with Crippen molar-refractivity contribution in [3.8, 4) is 12.3 Å². The highest BCUT2D eigenvalue weighted by Gasteiger charge is 2.19. The summed E-state index contributed by atoms with van der Waals surface area (Å²) in [6.07, 6.45) is 13.0. The van der Waals surface area contributed by atoms with Gasteiger partial charge in [-0.25, -0.2) is 4.39 Å². The number of rotatable bonds is 5. The number of allylic oxidation sites excluding steroid dienone is 3. The lowest BCUT2D eigenvalue weighted by molar-refractivity contribution is 0.430. The number of nitrogens with one attached hydrogen (secondary N) is 1. The first-order valence-electron chi connectivity index (χ1n) is 10.2. The van der Waals surface area contributed by atoms with Crippen molar-refractivity contribution in [3.05, 3.63) is 59.8 Å². The molecule has 29 heavy (non-hydrogen) atoms. The zero-order chi connectivity index (χ0) is 21.6. The molecular formula is C25H34ClFN2. The van der Waals surface area contributed by atoms with Gasteiger partial charge in [-0.05, 0) is 76.7 Å². The molecule has 2 nitrogen and oxygen atoms in total. The van der Waals surface area contributed by atoms with Gasteiger partial charge in [-0.3, -0.25) is 0 Å². The predicted octanol–water partition coefficient (Wildman–Crippen LogP) is 6.81. The highest BCUT2D eigenvalue weighted by atomic mass is 35.5. The second kappa shape index (κ2) is 14.0. The van der Waals surface area contributed by atoms with Crippen LogP contribution in [-0.2, 0) is 6.54 Å². The monoisotopic (exact) mass is 416 g/mol. The molecule has 1 atom stereocenters. The van der Waals surface area contributed by atoms with Crippen molar-refractivity contribution < 1.29 is 4.39 Å². The van der Waals surface area contributed by atoms with Crippen LogP contribution in [0, 0.1) is 12.3 Å². The van der Waals surface area contributed by atoms with Gasteiger partial charge in [0.05, 0.1) is 0 Å². The Bertz CT molecular complexity index is 804. The Morgan fingerprint density at radius 1 is 1.41 bits per heavy atom. The number of terminal acetylenes is 1. The molecular weight excluding hydrogens is 383 g/mol. The van der Waals surface area contributed by atoms with Crippen molar-refractivity contribution >= 4 is 22.5 Å². The third-order valence-electron chi connectivity index (χ3n) is 4.63. The van der Waals surface area contributed by atoms with Gasteiger partial charge in [-0.1, -0.05) is 35.9 Å². The van der Waals surface area contributed by atoms with E-state index in [0.29, 0.717) is 5.03 Å². The van der Waals surface area contributed by atoms with Crippen molar-refractivity contribution in [2.45, 2.75) is 58.7 Å². The number of alkyl halides is 1. The molecule has 0 aliphatic carbocycles. The minimum atomic E-state index is -0.919. The number of hydrogen-bond acceptors (Lipinski definition) is 1. The SMILES string of the molecule is C#CC.C/C(Cl)=C\C(C)F.C=CCCn1cc(C2CCNCC2)c2ccccc21. The second-order valence-corrected chi connectivity index (χ2v) is 7.71. The summed E-state index contributed by atoms with van der Waals surface area (Å²) in [7, 11) is 0. The molecule has 1 aliphatic heterocycles. The topological polar surface area (TPSA) is 17.0 Å². The summed E-state index contributed by atoms with van der Waals surface area (Å²) in [5.74, 6) is 2.97.